The third-order valence-corrected chi connectivity index (χ3v) is 5.32. The first kappa shape index (κ1) is 14.7. The number of hydrogen-bond acceptors (Lipinski definition) is 3. The number of nitrogens with two attached hydrogens (primary N) is 1. The van der Waals surface area contributed by atoms with Gasteiger partial charge in [-0.3, -0.25) is 4.99 Å². The molecule has 0 bridgehead atoms. The van der Waals surface area contributed by atoms with Crippen LogP contribution in [0.5, 0.6) is 0 Å². The number of guanidine groups is 1. The molecule has 2 atom stereocenters. The lowest BCUT2D eigenvalue weighted by molar-refractivity contribution is 0.00530. The Kier molecular flexibility index (Phi) is 4.70. The Morgan fingerprint density at radius 2 is 2.33 bits per heavy atom. The van der Waals surface area contributed by atoms with Crippen molar-refractivity contribution in [3.63, 3.8) is 0 Å². The Morgan fingerprint density at radius 1 is 1.48 bits per heavy atom. The summed E-state index contributed by atoms with van der Waals surface area (Å²) in [5.41, 5.74) is 9.06. The van der Waals surface area contributed by atoms with Crippen LogP contribution in [0.4, 0.5) is 0 Å². The van der Waals surface area contributed by atoms with Crippen LogP contribution in [-0.2, 0) is 11.2 Å². The minimum absolute atomic E-state index is 0.234. The van der Waals surface area contributed by atoms with Crippen molar-refractivity contribution in [3.05, 3.63) is 35.4 Å². The first-order valence-electron chi connectivity index (χ1n) is 7.60. The molecule has 5 heteroatoms. The molecule has 1 fully saturated rings. The summed E-state index contributed by atoms with van der Waals surface area (Å²) in [4.78, 5) is 6.78. The van der Waals surface area contributed by atoms with E-state index in [4.69, 9.17) is 10.5 Å². The van der Waals surface area contributed by atoms with Crippen LogP contribution in [0.2, 0.25) is 0 Å². The molecule has 2 N–H and O–H groups in total. The molecule has 0 saturated carbocycles. The van der Waals surface area contributed by atoms with Gasteiger partial charge in [0.1, 0.15) is 0 Å². The lowest BCUT2D eigenvalue weighted by atomic mass is 10.0. The van der Waals surface area contributed by atoms with Gasteiger partial charge in [-0.25, -0.2) is 0 Å². The zero-order chi connectivity index (χ0) is 14.7. The van der Waals surface area contributed by atoms with E-state index in [1.165, 1.54) is 16.9 Å². The number of morpholine rings is 1. The van der Waals surface area contributed by atoms with Gasteiger partial charge < -0.3 is 15.4 Å². The Labute approximate surface area is 130 Å². The summed E-state index contributed by atoms with van der Waals surface area (Å²) in [5.74, 6) is 1.83. The van der Waals surface area contributed by atoms with E-state index in [0.717, 1.165) is 32.7 Å². The summed E-state index contributed by atoms with van der Waals surface area (Å²) in [6.45, 7) is 5.25. The smallest absolute Gasteiger partial charge is 0.191 e. The van der Waals surface area contributed by atoms with Gasteiger partial charge in [-0.1, -0.05) is 24.3 Å². The average molecular weight is 305 g/mol. The van der Waals surface area contributed by atoms with Crippen LogP contribution < -0.4 is 5.73 Å². The molecule has 2 aliphatic rings. The molecule has 1 saturated heterocycles. The summed E-state index contributed by atoms with van der Waals surface area (Å²) in [5, 5.41) is 0.437. The van der Waals surface area contributed by atoms with Crippen molar-refractivity contribution in [2.24, 2.45) is 10.7 Å². The highest BCUT2D eigenvalue weighted by Gasteiger charge is 2.21. The number of thioether (sulfide) groups is 1. The molecule has 2 heterocycles. The standard InChI is InChI=1S/C16H23N3OS/c1-12-11-19(7-8-20-12)16(17)18-10-15-14-5-3-2-4-13(14)6-9-21-15/h2-5,12,15H,6-11H2,1H3,(H2,17,18). The van der Waals surface area contributed by atoms with Crippen molar-refractivity contribution >= 4 is 17.7 Å². The molecule has 21 heavy (non-hydrogen) atoms. The molecule has 2 aliphatic heterocycles. The number of aryl methyl sites for hydroxylation is 1. The molecule has 0 aromatic heterocycles. The summed E-state index contributed by atoms with van der Waals surface area (Å²) in [6, 6.07) is 8.71. The molecule has 1 aromatic rings. The number of benzene rings is 1. The van der Waals surface area contributed by atoms with Crippen molar-refractivity contribution in [3.8, 4) is 0 Å². The van der Waals surface area contributed by atoms with E-state index < -0.39 is 0 Å². The molecule has 114 valence electrons. The molecule has 0 spiro atoms. The van der Waals surface area contributed by atoms with Gasteiger partial charge in [0.25, 0.3) is 0 Å². The van der Waals surface area contributed by atoms with Crippen LogP contribution in [0.25, 0.3) is 0 Å². The SMILES string of the molecule is CC1CN(C(N)=NCC2SCCc3ccccc32)CCO1. The topological polar surface area (TPSA) is 50.8 Å². The van der Waals surface area contributed by atoms with Crippen molar-refractivity contribution < 1.29 is 4.74 Å². The molecule has 4 nitrogen and oxygen atoms in total. The second kappa shape index (κ2) is 6.71. The summed E-state index contributed by atoms with van der Waals surface area (Å²) in [6.07, 6.45) is 1.40. The fraction of sp³-hybridized carbons (Fsp3) is 0.562. The zero-order valence-electron chi connectivity index (χ0n) is 12.5. The first-order valence-corrected chi connectivity index (χ1v) is 8.65. The van der Waals surface area contributed by atoms with E-state index in [-0.39, 0.29) is 6.10 Å². The minimum Gasteiger partial charge on any atom is -0.375 e. The number of nitrogens with zero attached hydrogens (tertiary/aromatic N) is 2. The minimum atomic E-state index is 0.234. The number of fused-ring (bicyclic) bond motifs is 1. The molecule has 0 amide bonds. The van der Waals surface area contributed by atoms with Gasteiger partial charge >= 0.3 is 0 Å². The first-order chi connectivity index (χ1) is 10.2. The molecular weight excluding hydrogens is 282 g/mol. The molecule has 1 aromatic carbocycles. The highest BCUT2D eigenvalue weighted by atomic mass is 32.2. The maximum absolute atomic E-state index is 6.16. The zero-order valence-corrected chi connectivity index (χ0v) is 13.3. The fourth-order valence-corrected chi connectivity index (χ4v) is 4.14. The summed E-state index contributed by atoms with van der Waals surface area (Å²) in [7, 11) is 0. The van der Waals surface area contributed by atoms with Gasteiger partial charge in [0.05, 0.1) is 19.3 Å². The largest absolute Gasteiger partial charge is 0.375 e. The maximum atomic E-state index is 6.16. The van der Waals surface area contributed by atoms with E-state index in [2.05, 4.69) is 41.1 Å². The van der Waals surface area contributed by atoms with Gasteiger partial charge in [0.15, 0.2) is 5.96 Å². The van der Waals surface area contributed by atoms with Crippen LogP contribution in [0.1, 0.15) is 23.3 Å². The van der Waals surface area contributed by atoms with E-state index in [0.29, 0.717) is 11.2 Å². The Hall–Kier alpha value is -1.20. The van der Waals surface area contributed by atoms with Gasteiger partial charge in [-0.05, 0) is 30.2 Å². The summed E-state index contributed by atoms with van der Waals surface area (Å²) < 4.78 is 5.54. The molecule has 0 aliphatic carbocycles. The Bertz CT molecular complexity index is 520. The maximum Gasteiger partial charge on any atom is 0.191 e. The quantitative estimate of drug-likeness (QED) is 0.671. The predicted octanol–water partition coefficient (Wildman–Crippen LogP) is 2.05. The number of ether oxygens (including phenoxy) is 1. The molecule has 2 unspecified atom stereocenters. The van der Waals surface area contributed by atoms with Crippen molar-refractivity contribution in [1.82, 2.24) is 4.90 Å². The number of rotatable bonds is 2. The van der Waals surface area contributed by atoms with Crippen LogP contribution in [0, 0.1) is 0 Å². The van der Waals surface area contributed by atoms with E-state index in [9.17, 15) is 0 Å². The number of hydrogen-bond donors (Lipinski definition) is 1. The third-order valence-electron chi connectivity index (χ3n) is 4.08. The van der Waals surface area contributed by atoms with Crippen molar-refractivity contribution in [1.29, 1.82) is 0 Å². The van der Waals surface area contributed by atoms with Crippen LogP contribution in [0.15, 0.2) is 29.3 Å². The monoisotopic (exact) mass is 305 g/mol. The number of aliphatic imine (C=N–C) groups is 1. The van der Waals surface area contributed by atoms with Crippen LogP contribution in [-0.4, -0.2) is 49.0 Å². The predicted molar refractivity (Wildman–Crippen MR) is 88.8 cm³/mol. The second-order valence-electron chi connectivity index (χ2n) is 5.63. The van der Waals surface area contributed by atoms with Crippen molar-refractivity contribution in [2.75, 3.05) is 32.0 Å². The van der Waals surface area contributed by atoms with Gasteiger partial charge in [0, 0.05) is 18.3 Å². The third kappa shape index (κ3) is 3.52. The van der Waals surface area contributed by atoms with Gasteiger partial charge in [-0.15, -0.1) is 0 Å². The molecule has 3 rings (SSSR count). The lowest BCUT2D eigenvalue weighted by Crippen LogP contribution is -2.48. The van der Waals surface area contributed by atoms with Crippen LogP contribution >= 0.6 is 11.8 Å². The normalized spacial score (nSPS) is 26.5. The van der Waals surface area contributed by atoms with E-state index in [1.807, 2.05) is 11.8 Å². The van der Waals surface area contributed by atoms with E-state index >= 15 is 0 Å². The Morgan fingerprint density at radius 3 is 3.19 bits per heavy atom. The van der Waals surface area contributed by atoms with Crippen LogP contribution in [0.3, 0.4) is 0 Å². The summed E-state index contributed by atoms with van der Waals surface area (Å²) >= 11 is 1.99. The molecule has 0 radical (unpaired) electrons. The highest BCUT2D eigenvalue weighted by molar-refractivity contribution is 7.99. The molecular formula is C16H23N3OS. The van der Waals surface area contributed by atoms with Gasteiger partial charge in [-0.2, -0.15) is 11.8 Å². The Balaban J connectivity index is 1.66. The lowest BCUT2D eigenvalue weighted by Gasteiger charge is -2.32. The second-order valence-corrected chi connectivity index (χ2v) is 6.95. The van der Waals surface area contributed by atoms with Crippen molar-refractivity contribution in [2.45, 2.75) is 24.7 Å². The average Bonchev–Trinajstić information content (AvgIpc) is 2.52. The van der Waals surface area contributed by atoms with Gasteiger partial charge in [0.2, 0.25) is 0 Å². The van der Waals surface area contributed by atoms with E-state index in [1.54, 1.807) is 0 Å². The highest BCUT2D eigenvalue weighted by Crippen LogP contribution is 2.36. The fourth-order valence-electron chi connectivity index (χ4n) is 2.93.